The number of carbonyl (C=O) groups is 1. The second-order valence-electron chi connectivity index (χ2n) is 5.56. The van der Waals surface area contributed by atoms with Gasteiger partial charge in [0.15, 0.2) is 0 Å². The Kier molecular flexibility index (Phi) is 5.71. The number of benzene rings is 2. The zero-order valence-corrected chi connectivity index (χ0v) is 15.1. The lowest BCUT2D eigenvalue weighted by molar-refractivity contribution is -0.128. The zero-order valence-electron chi connectivity index (χ0n) is 14.3. The first kappa shape index (κ1) is 17.5. The van der Waals surface area contributed by atoms with Crippen molar-refractivity contribution in [3.8, 4) is 17.2 Å². The number of hydrogen-bond donors (Lipinski definition) is 0. The number of methoxy groups -OCH3 is 2. The third-order valence-electron chi connectivity index (χ3n) is 3.97. The van der Waals surface area contributed by atoms with E-state index in [0.29, 0.717) is 18.9 Å². The van der Waals surface area contributed by atoms with E-state index in [1.807, 2.05) is 53.4 Å². The number of amides is 1. The average Bonchev–Trinajstić information content (AvgIpc) is 3.03. The first-order chi connectivity index (χ1) is 12.2. The molecule has 5 nitrogen and oxygen atoms in total. The SMILES string of the molecule is COc1cc(OC)cc(C2SCC(=O)N2CCOc2ccccc2)c1. The fourth-order valence-corrected chi connectivity index (χ4v) is 3.92. The Labute approximate surface area is 151 Å². The molecule has 3 rings (SSSR count). The van der Waals surface area contributed by atoms with Gasteiger partial charge in [0.25, 0.3) is 0 Å². The van der Waals surface area contributed by atoms with Crippen LogP contribution in [0.4, 0.5) is 0 Å². The maximum Gasteiger partial charge on any atom is 0.233 e. The number of hydrogen-bond acceptors (Lipinski definition) is 5. The van der Waals surface area contributed by atoms with Gasteiger partial charge in [-0.1, -0.05) is 18.2 Å². The molecule has 2 aromatic rings. The highest BCUT2D eigenvalue weighted by Crippen LogP contribution is 2.40. The summed E-state index contributed by atoms with van der Waals surface area (Å²) >= 11 is 1.61. The topological polar surface area (TPSA) is 48.0 Å². The van der Waals surface area contributed by atoms with Gasteiger partial charge in [-0.3, -0.25) is 4.79 Å². The van der Waals surface area contributed by atoms with E-state index in [1.165, 1.54) is 0 Å². The Morgan fingerprint density at radius 2 is 1.72 bits per heavy atom. The molecule has 6 heteroatoms. The van der Waals surface area contributed by atoms with Crippen LogP contribution in [0.3, 0.4) is 0 Å². The molecule has 1 heterocycles. The standard InChI is InChI=1S/C19H21NO4S/c1-22-16-10-14(11-17(12-16)23-2)19-20(18(21)13-25-19)8-9-24-15-6-4-3-5-7-15/h3-7,10-12,19H,8-9,13H2,1-2H3. The summed E-state index contributed by atoms with van der Waals surface area (Å²) in [5.41, 5.74) is 0.992. The summed E-state index contributed by atoms with van der Waals surface area (Å²) in [7, 11) is 3.24. The van der Waals surface area contributed by atoms with Crippen LogP contribution >= 0.6 is 11.8 Å². The predicted molar refractivity (Wildman–Crippen MR) is 98.4 cm³/mol. The molecule has 1 aliphatic heterocycles. The summed E-state index contributed by atoms with van der Waals surface area (Å²) < 4.78 is 16.4. The quantitative estimate of drug-likeness (QED) is 0.759. The summed E-state index contributed by atoms with van der Waals surface area (Å²) in [6.45, 7) is 0.985. The minimum absolute atomic E-state index is 0.0594. The number of carbonyl (C=O) groups excluding carboxylic acids is 1. The number of thioether (sulfide) groups is 1. The highest BCUT2D eigenvalue weighted by atomic mass is 32.2. The van der Waals surface area contributed by atoms with Crippen LogP contribution in [0.1, 0.15) is 10.9 Å². The molecule has 0 saturated carbocycles. The van der Waals surface area contributed by atoms with E-state index in [4.69, 9.17) is 14.2 Å². The van der Waals surface area contributed by atoms with Crippen molar-refractivity contribution >= 4 is 17.7 Å². The van der Waals surface area contributed by atoms with Gasteiger partial charge in [0.1, 0.15) is 29.2 Å². The highest BCUT2D eigenvalue weighted by Gasteiger charge is 2.33. The van der Waals surface area contributed by atoms with Gasteiger partial charge in [-0.15, -0.1) is 11.8 Å². The van der Waals surface area contributed by atoms with Crippen LogP contribution in [0.5, 0.6) is 17.2 Å². The van der Waals surface area contributed by atoms with Crippen molar-refractivity contribution in [1.29, 1.82) is 0 Å². The van der Waals surface area contributed by atoms with E-state index in [2.05, 4.69) is 0 Å². The third-order valence-corrected chi connectivity index (χ3v) is 5.23. The molecule has 1 unspecified atom stereocenters. The largest absolute Gasteiger partial charge is 0.497 e. The summed E-state index contributed by atoms with van der Waals surface area (Å²) in [4.78, 5) is 14.1. The predicted octanol–water partition coefficient (Wildman–Crippen LogP) is 3.36. The van der Waals surface area contributed by atoms with Crippen molar-refractivity contribution in [1.82, 2.24) is 4.90 Å². The van der Waals surface area contributed by atoms with Crippen LogP contribution in [0.2, 0.25) is 0 Å². The van der Waals surface area contributed by atoms with E-state index in [9.17, 15) is 4.79 Å². The molecule has 1 saturated heterocycles. The lowest BCUT2D eigenvalue weighted by atomic mass is 10.1. The maximum absolute atomic E-state index is 12.3. The van der Waals surface area contributed by atoms with Gasteiger partial charge >= 0.3 is 0 Å². The number of rotatable bonds is 7. The Morgan fingerprint density at radius 3 is 2.36 bits per heavy atom. The normalized spacial score (nSPS) is 16.8. The first-order valence-electron chi connectivity index (χ1n) is 8.03. The average molecular weight is 359 g/mol. The smallest absolute Gasteiger partial charge is 0.233 e. The molecule has 0 bridgehead atoms. The summed E-state index contributed by atoms with van der Waals surface area (Å²) in [6, 6.07) is 15.3. The van der Waals surface area contributed by atoms with Gasteiger partial charge in [0.2, 0.25) is 5.91 Å². The van der Waals surface area contributed by atoms with Crippen molar-refractivity contribution < 1.29 is 19.0 Å². The van der Waals surface area contributed by atoms with Crippen LogP contribution < -0.4 is 14.2 Å². The Morgan fingerprint density at radius 1 is 1.04 bits per heavy atom. The minimum atomic E-state index is -0.0594. The van der Waals surface area contributed by atoms with Crippen LogP contribution in [-0.4, -0.2) is 43.9 Å². The lowest BCUT2D eigenvalue weighted by Gasteiger charge is -2.25. The highest BCUT2D eigenvalue weighted by molar-refractivity contribution is 8.00. The molecule has 0 spiro atoms. The van der Waals surface area contributed by atoms with E-state index in [1.54, 1.807) is 26.0 Å². The lowest BCUT2D eigenvalue weighted by Crippen LogP contribution is -2.32. The van der Waals surface area contributed by atoms with Gasteiger partial charge in [0.05, 0.1) is 26.5 Å². The molecule has 0 aromatic heterocycles. The Bertz CT molecular complexity index is 700. The summed E-state index contributed by atoms with van der Waals surface area (Å²) in [6.07, 6.45) is 0. The van der Waals surface area contributed by atoms with Gasteiger partial charge in [0, 0.05) is 6.07 Å². The second-order valence-corrected chi connectivity index (χ2v) is 6.63. The van der Waals surface area contributed by atoms with Crippen LogP contribution in [-0.2, 0) is 4.79 Å². The fraction of sp³-hybridized carbons (Fsp3) is 0.316. The van der Waals surface area contributed by atoms with Crippen LogP contribution in [0, 0.1) is 0 Å². The number of ether oxygens (including phenoxy) is 3. The van der Waals surface area contributed by atoms with Gasteiger partial charge in [-0.05, 0) is 29.8 Å². The first-order valence-corrected chi connectivity index (χ1v) is 9.08. The molecule has 1 amide bonds. The Hall–Kier alpha value is -2.34. The van der Waals surface area contributed by atoms with Crippen molar-refractivity contribution in [3.05, 3.63) is 54.1 Å². The minimum Gasteiger partial charge on any atom is -0.497 e. The molecule has 0 radical (unpaired) electrons. The zero-order chi connectivity index (χ0) is 17.6. The molecule has 1 atom stereocenters. The molecule has 2 aromatic carbocycles. The second kappa shape index (κ2) is 8.16. The van der Waals surface area contributed by atoms with E-state index in [0.717, 1.165) is 22.8 Å². The number of nitrogens with zero attached hydrogens (tertiary/aromatic N) is 1. The van der Waals surface area contributed by atoms with Crippen molar-refractivity contribution in [2.45, 2.75) is 5.37 Å². The molecule has 1 aliphatic rings. The molecule has 0 aliphatic carbocycles. The van der Waals surface area contributed by atoms with Gasteiger partial charge < -0.3 is 19.1 Å². The third kappa shape index (κ3) is 4.20. The Balaban J connectivity index is 1.71. The summed E-state index contributed by atoms with van der Waals surface area (Å²) in [5, 5.41) is -0.0594. The number of para-hydroxylation sites is 1. The van der Waals surface area contributed by atoms with E-state index >= 15 is 0 Å². The summed E-state index contributed by atoms with van der Waals surface area (Å²) in [5.74, 6) is 2.83. The molecule has 0 N–H and O–H groups in total. The van der Waals surface area contributed by atoms with Gasteiger partial charge in [-0.2, -0.15) is 0 Å². The van der Waals surface area contributed by atoms with Crippen LogP contribution in [0.25, 0.3) is 0 Å². The maximum atomic E-state index is 12.3. The molecule has 25 heavy (non-hydrogen) atoms. The monoisotopic (exact) mass is 359 g/mol. The fourth-order valence-electron chi connectivity index (χ4n) is 2.72. The molecular formula is C19H21NO4S. The molecule has 132 valence electrons. The van der Waals surface area contributed by atoms with E-state index < -0.39 is 0 Å². The van der Waals surface area contributed by atoms with Crippen molar-refractivity contribution in [3.63, 3.8) is 0 Å². The van der Waals surface area contributed by atoms with Crippen molar-refractivity contribution in [2.75, 3.05) is 33.1 Å². The van der Waals surface area contributed by atoms with Crippen LogP contribution in [0.15, 0.2) is 48.5 Å². The molecule has 1 fully saturated rings. The molecular weight excluding hydrogens is 338 g/mol. The van der Waals surface area contributed by atoms with E-state index in [-0.39, 0.29) is 11.3 Å². The van der Waals surface area contributed by atoms with Gasteiger partial charge in [-0.25, -0.2) is 0 Å². The van der Waals surface area contributed by atoms with Crippen molar-refractivity contribution in [2.24, 2.45) is 0 Å².